The lowest BCUT2D eigenvalue weighted by Gasteiger charge is -2.18. The number of hydrogen-bond acceptors (Lipinski definition) is 7. The van der Waals surface area contributed by atoms with E-state index in [1.807, 2.05) is 4.57 Å². The van der Waals surface area contributed by atoms with Crippen LogP contribution in [0.3, 0.4) is 0 Å². The first-order valence-electron chi connectivity index (χ1n) is 10.8. The van der Waals surface area contributed by atoms with Gasteiger partial charge in [-0.1, -0.05) is 18.7 Å². The molecule has 0 saturated carbocycles. The molecule has 0 radical (unpaired) electrons. The van der Waals surface area contributed by atoms with Crippen molar-refractivity contribution >= 4 is 39.4 Å². The highest BCUT2D eigenvalue weighted by atomic mass is 32.2. The molecule has 1 aliphatic carbocycles. The van der Waals surface area contributed by atoms with E-state index in [1.54, 1.807) is 28.0 Å². The predicted octanol–water partition coefficient (Wildman–Crippen LogP) is 3.31. The summed E-state index contributed by atoms with van der Waals surface area (Å²) in [6.07, 6.45) is 4.98. The van der Waals surface area contributed by atoms with Gasteiger partial charge in [0.15, 0.2) is 5.16 Å². The van der Waals surface area contributed by atoms with Crippen LogP contribution < -0.4 is 5.56 Å². The van der Waals surface area contributed by atoms with Crippen LogP contribution in [0.1, 0.15) is 36.6 Å². The third-order valence-corrected chi connectivity index (χ3v) is 8.33. The number of fused-ring (bicyclic) bond motifs is 3. The number of cyclic esters (lactones) is 1. The van der Waals surface area contributed by atoms with Crippen LogP contribution in [0.25, 0.3) is 10.2 Å². The number of carbonyl (C=O) groups excluding carboxylic acids is 1. The maximum absolute atomic E-state index is 13.6. The van der Waals surface area contributed by atoms with Gasteiger partial charge in [0, 0.05) is 23.8 Å². The van der Waals surface area contributed by atoms with Gasteiger partial charge < -0.3 is 14.4 Å². The predicted molar refractivity (Wildman–Crippen MR) is 118 cm³/mol. The molecule has 3 aliphatic rings. The minimum Gasteiger partial charge on any atom is -0.448 e. The molecule has 162 valence electrons. The van der Waals surface area contributed by atoms with E-state index < -0.39 is 0 Å². The molecule has 0 aromatic carbocycles. The monoisotopic (exact) mass is 449 g/mol. The molecule has 2 fully saturated rings. The largest absolute Gasteiger partial charge is 0.448 e. The first-order chi connectivity index (χ1) is 14.6. The topological polar surface area (TPSA) is 73.7 Å². The first kappa shape index (κ1) is 20.3. The zero-order valence-electron chi connectivity index (χ0n) is 17.2. The summed E-state index contributed by atoms with van der Waals surface area (Å²) in [6.45, 7) is 5.27. The molecule has 0 unspecified atom stereocenters. The Morgan fingerprint density at radius 2 is 2.17 bits per heavy atom. The Bertz CT molecular complexity index is 1010. The SMILES string of the molecule is C[C@@H]1CCc2c(sc3nc(SCCN4CCOC4=O)n(C[C@@H]4CCCO4)c(=O)c23)C1. The van der Waals surface area contributed by atoms with Crippen LogP contribution in [0.2, 0.25) is 0 Å². The molecule has 7 nitrogen and oxygen atoms in total. The standard InChI is InChI=1S/C21H27N3O4S2/c1-13-4-5-15-16(11-13)30-18-17(15)19(25)24(12-14-3-2-8-27-14)20(22-18)29-10-7-23-6-9-28-21(23)26/h13-14H,2-12H2,1H3/t13-,14+/m1/s1. The number of carbonyl (C=O) groups is 1. The number of hydrogen-bond donors (Lipinski definition) is 0. The summed E-state index contributed by atoms with van der Waals surface area (Å²) in [5, 5.41) is 1.56. The lowest BCUT2D eigenvalue weighted by atomic mass is 9.89. The molecule has 9 heteroatoms. The van der Waals surface area contributed by atoms with Crippen molar-refractivity contribution in [1.82, 2.24) is 14.5 Å². The number of aromatic nitrogens is 2. The second kappa shape index (κ2) is 8.51. The molecule has 0 bridgehead atoms. The summed E-state index contributed by atoms with van der Waals surface area (Å²) in [6, 6.07) is 0. The second-order valence-corrected chi connectivity index (χ2v) is 10.6. The van der Waals surface area contributed by atoms with Crippen LogP contribution >= 0.6 is 23.1 Å². The Labute approximate surface area is 183 Å². The molecule has 4 heterocycles. The summed E-state index contributed by atoms with van der Waals surface area (Å²) in [7, 11) is 0. The summed E-state index contributed by atoms with van der Waals surface area (Å²) in [4.78, 5) is 34.1. The number of amides is 1. The van der Waals surface area contributed by atoms with Gasteiger partial charge in [-0.25, -0.2) is 9.78 Å². The number of aryl methyl sites for hydroxylation is 1. The van der Waals surface area contributed by atoms with E-state index in [0.29, 0.717) is 37.9 Å². The van der Waals surface area contributed by atoms with E-state index in [-0.39, 0.29) is 17.8 Å². The summed E-state index contributed by atoms with van der Waals surface area (Å²) in [5.41, 5.74) is 1.30. The van der Waals surface area contributed by atoms with E-state index in [9.17, 15) is 9.59 Å². The van der Waals surface area contributed by atoms with Crippen LogP contribution in [0.5, 0.6) is 0 Å². The van der Waals surface area contributed by atoms with Crippen molar-refractivity contribution in [2.75, 3.05) is 32.1 Å². The maximum atomic E-state index is 13.6. The molecular formula is C21H27N3O4S2. The molecule has 2 aromatic rings. The molecule has 2 aromatic heterocycles. The highest BCUT2D eigenvalue weighted by molar-refractivity contribution is 7.99. The summed E-state index contributed by atoms with van der Waals surface area (Å²) < 4.78 is 12.7. The third-order valence-electron chi connectivity index (χ3n) is 6.23. The van der Waals surface area contributed by atoms with E-state index in [4.69, 9.17) is 14.5 Å². The van der Waals surface area contributed by atoms with Crippen molar-refractivity contribution in [3.63, 3.8) is 0 Å². The van der Waals surface area contributed by atoms with E-state index >= 15 is 0 Å². The Hall–Kier alpha value is -1.58. The van der Waals surface area contributed by atoms with Gasteiger partial charge >= 0.3 is 6.09 Å². The Kier molecular flexibility index (Phi) is 5.77. The number of nitrogens with zero attached hydrogens (tertiary/aromatic N) is 3. The number of rotatable bonds is 6. The number of thiophene rings is 1. The lowest BCUT2D eigenvalue weighted by Crippen LogP contribution is -2.30. The quantitative estimate of drug-likeness (QED) is 0.498. The van der Waals surface area contributed by atoms with Gasteiger partial charge in [0.05, 0.1) is 24.6 Å². The van der Waals surface area contributed by atoms with Gasteiger partial charge in [0.2, 0.25) is 0 Å². The average Bonchev–Trinajstić information content (AvgIpc) is 3.45. The zero-order chi connectivity index (χ0) is 20.7. The fourth-order valence-electron chi connectivity index (χ4n) is 4.54. The van der Waals surface area contributed by atoms with Crippen LogP contribution in [0.15, 0.2) is 9.95 Å². The van der Waals surface area contributed by atoms with E-state index in [0.717, 1.165) is 54.1 Å². The summed E-state index contributed by atoms with van der Waals surface area (Å²) in [5.74, 6) is 1.34. The average molecular weight is 450 g/mol. The van der Waals surface area contributed by atoms with Gasteiger partial charge in [-0.15, -0.1) is 11.3 Å². The molecule has 30 heavy (non-hydrogen) atoms. The Balaban J connectivity index is 1.47. The van der Waals surface area contributed by atoms with Gasteiger partial charge in [0.25, 0.3) is 5.56 Å². The molecule has 0 N–H and O–H groups in total. The van der Waals surface area contributed by atoms with Gasteiger partial charge in [-0.05, 0) is 43.6 Å². The van der Waals surface area contributed by atoms with Crippen molar-refractivity contribution in [1.29, 1.82) is 0 Å². The molecule has 1 amide bonds. The Morgan fingerprint density at radius 1 is 1.27 bits per heavy atom. The smallest absolute Gasteiger partial charge is 0.409 e. The van der Waals surface area contributed by atoms with E-state index in [2.05, 4.69) is 6.92 Å². The Morgan fingerprint density at radius 3 is 2.93 bits per heavy atom. The van der Waals surface area contributed by atoms with Crippen LogP contribution in [-0.2, 0) is 28.9 Å². The minimum atomic E-state index is -0.254. The minimum absolute atomic E-state index is 0.0735. The maximum Gasteiger partial charge on any atom is 0.409 e. The highest BCUT2D eigenvalue weighted by Crippen LogP contribution is 2.36. The normalized spacial score (nSPS) is 23.9. The number of ether oxygens (including phenoxy) is 2. The van der Waals surface area contributed by atoms with E-state index in [1.165, 1.54) is 10.4 Å². The lowest BCUT2D eigenvalue weighted by molar-refractivity contribution is 0.0937. The van der Waals surface area contributed by atoms with Gasteiger partial charge in [0.1, 0.15) is 11.4 Å². The molecular weight excluding hydrogens is 422 g/mol. The molecule has 5 rings (SSSR count). The first-order valence-corrected chi connectivity index (χ1v) is 12.6. The van der Waals surface area contributed by atoms with Crippen molar-refractivity contribution in [2.45, 2.75) is 56.8 Å². The van der Waals surface area contributed by atoms with Crippen LogP contribution in [0.4, 0.5) is 4.79 Å². The van der Waals surface area contributed by atoms with Crippen LogP contribution in [-0.4, -0.2) is 58.7 Å². The fraction of sp³-hybridized carbons (Fsp3) is 0.667. The van der Waals surface area contributed by atoms with Crippen molar-refractivity contribution in [3.8, 4) is 0 Å². The van der Waals surface area contributed by atoms with Crippen molar-refractivity contribution in [3.05, 3.63) is 20.8 Å². The summed E-state index contributed by atoms with van der Waals surface area (Å²) >= 11 is 3.24. The van der Waals surface area contributed by atoms with Crippen molar-refractivity contribution < 1.29 is 14.3 Å². The zero-order valence-corrected chi connectivity index (χ0v) is 18.9. The van der Waals surface area contributed by atoms with Crippen molar-refractivity contribution in [2.24, 2.45) is 5.92 Å². The van der Waals surface area contributed by atoms with Gasteiger partial charge in [-0.3, -0.25) is 9.36 Å². The number of thioether (sulfide) groups is 1. The molecule has 0 spiro atoms. The van der Waals surface area contributed by atoms with Crippen LogP contribution in [0, 0.1) is 5.92 Å². The second-order valence-electron chi connectivity index (χ2n) is 8.43. The van der Waals surface area contributed by atoms with Gasteiger partial charge in [-0.2, -0.15) is 0 Å². The third kappa shape index (κ3) is 3.87. The molecule has 2 atom stereocenters. The fourth-order valence-corrected chi connectivity index (χ4v) is 6.94. The molecule has 2 saturated heterocycles. The molecule has 2 aliphatic heterocycles. The highest BCUT2D eigenvalue weighted by Gasteiger charge is 2.27.